The number of carbonyl (C=O) groups excluding carboxylic acids is 1. The molecule has 1 heterocycles. The quantitative estimate of drug-likeness (QED) is 0.282. The zero-order chi connectivity index (χ0) is 26.4. The van der Waals surface area contributed by atoms with Crippen molar-refractivity contribution in [2.24, 2.45) is 0 Å². The van der Waals surface area contributed by atoms with Gasteiger partial charge in [-0.2, -0.15) is 0 Å². The number of nitrogens with zero attached hydrogens (tertiary/aromatic N) is 2. The number of hydrogen-bond donors (Lipinski definition) is 3. The van der Waals surface area contributed by atoms with Gasteiger partial charge in [0.2, 0.25) is 0 Å². The highest BCUT2D eigenvalue weighted by Crippen LogP contribution is 2.23. The first-order valence-electron chi connectivity index (χ1n) is 13.0. The molecular weight excluding hydrogens is 465 g/mol. The van der Waals surface area contributed by atoms with E-state index in [9.17, 15) is 9.18 Å². The lowest BCUT2D eigenvalue weighted by atomic mass is 9.98. The van der Waals surface area contributed by atoms with Gasteiger partial charge in [0.1, 0.15) is 5.82 Å². The number of benzene rings is 3. The van der Waals surface area contributed by atoms with Crippen LogP contribution in [0.4, 0.5) is 15.8 Å². The first-order chi connectivity index (χ1) is 17.9. The van der Waals surface area contributed by atoms with Gasteiger partial charge in [-0.15, -0.1) is 0 Å². The fourth-order valence-corrected chi connectivity index (χ4v) is 4.98. The molecule has 0 bridgehead atoms. The molecule has 1 saturated heterocycles. The Morgan fingerprint density at radius 2 is 1.62 bits per heavy atom. The van der Waals surface area contributed by atoms with E-state index in [-0.39, 0.29) is 24.0 Å². The van der Waals surface area contributed by atoms with Gasteiger partial charge < -0.3 is 16.0 Å². The van der Waals surface area contributed by atoms with Crippen LogP contribution in [0.5, 0.6) is 0 Å². The second-order valence-electron chi connectivity index (χ2n) is 9.49. The van der Waals surface area contributed by atoms with Gasteiger partial charge in [-0.3, -0.25) is 15.1 Å². The molecule has 7 heteroatoms. The highest BCUT2D eigenvalue weighted by molar-refractivity contribution is 6.15. The molecule has 0 aromatic heterocycles. The molecule has 3 aromatic rings. The summed E-state index contributed by atoms with van der Waals surface area (Å²) in [6.07, 6.45) is 2.37. The predicted octanol–water partition coefficient (Wildman–Crippen LogP) is 5.06. The molecule has 3 aromatic carbocycles. The fourth-order valence-electron chi connectivity index (χ4n) is 4.98. The maximum atomic E-state index is 13.9. The minimum Gasteiger partial charge on any atom is -0.398 e. The van der Waals surface area contributed by atoms with Gasteiger partial charge in [-0.05, 0) is 49.2 Å². The van der Waals surface area contributed by atoms with Crippen molar-refractivity contribution in [1.29, 1.82) is 5.41 Å². The lowest BCUT2D eigenvalue weighted by molar-refractivity contribution is 0.0950. The van der Waals surface area contributed by atoms with Crippen LogP contribution in [0, 0.1) is 11.2 Å². The third-order valence-electron chi connectivity index (χ3n) is 7.28. The van der Waals surface area contributed by atoms with Crippen LogP contribution in [-0.2, 0) is 6.54 Å². The van der Waals surface area contributed by atoms with Gasteiger partial charge >= 0.3 is 0 Å². The van der Waals surface area contributed by atoms with Gasteiger partial charge in [-0.1, -0.05) is 44.2 Å². The number of carbonyl (C=O) groups is 1. The second-order valence-corrected chi connectivity index (χ2v) is 9.49. The largest absolute Gasteiger partial charge is 0.398 e. The van der Waals surface area contributed by atoms with Crippen LogP contribution >= 0.6 is 0 Å². The topological polar surface area (TPSA) is 85.5 Å². The Labute approximate surface area is 218 Å². The van der Waals surface area contributed by atoms with Crippen LogP contribution in [0.25, 0.3) is 0 Å². The number of rotatable bonds is 9. The van der Waals surface area contributed by atoms with Crippen molar-refractivity contribution >= 4 is 23.0 Å². The molecule has 1 fully saturated rings. The van der Waals surface area contributed by atoms with Crippen LogP contribution < -0.4 is 16.0 Å². The maximum absolute atomic E-state index is 13.9. The fraction of sp³-hybridized carbons (Fsp3) is 0.333. The van der Waals surface area contributed by atoms with E-state index in [0.717, 1.165) is 37.4 Å². The van der Waals surface area contributed by atoms with Crippen molar-refractivity contribution in [2.45, 2.75) is 39.3 Å². The first-order valence-corrected chi connectivity index (χ1v) is 13.0. The summed E-state index contributed by atoms with van der Waals surface area (Å²) in [6, 6.07) is 19.9. The summed E-state index contributed by atoms with van der Waals surface area (Å²) in [4.78, 5) is 17.7. The van der Waals surface area contributed by atoms with E-state index in [1.165, 1.54) is 18.9 Å². The summed E-state index contributed by atoms with van der Waals surface area (Å²) < 4.78 is 13.9. The van der Waals surface area contributed by atoms with E-state index in [4.69, 9.17) is 11.1 Å². The zero-order valence-electron chi connectivity index (χ0n) is 21.6. The highest BCUT2D eigenvalue weighted by atomic mass is 19.1. The van der Waals surface area contributed by atoms with Crippen LogP contribution in [0.3, 0.4) is 0 Å². The van der Waals surface area contributed by atoms with E-state index in [2.05, 4.69) is 41.1 Å². The van der Waals surface area contributed by atoms with Crippen molar-refractivity contribution in [3.63, 3.8) is 0 Å². The van der Waals surface area contributed by atoms with Gasteiger partial charge in [0.15, 0.2) is 0 Å². The van der Waals surface area contributed by atoms with Crippen molar-refractivity contribution in [1.82, 2.24) is 10.2 Å². The Morgan fingerprint density at radius 1 is 0.973 bits per heavy atom. The van der Waals surface area contributed by atoms with Crippen LogP contribution in [0.2, 0.25) is 0 Å². The van der Waals surface area contributed by atoms with E-state index in [1.54, 1.807) is 36.4 Å². The number of nitrogen functional groups attached to an aromatic ring is 1. The molecule has 0 saturated carbocycles. The summed E-state index contributed by atoms with van der Waals surface area (Å²) >= 11 is 0. The molecule has 0 atom stereocenters. The van der Waals surface area contributed by atoms with E-state index >= 15 is 0 Å². The standard InChI is InChI=1S/C30H36FN5O/c1-3-24(4-2)35-15-17-36(18-16-35)25-12-9-21(10-13-25)29(33)26-19-22(11-14-28(26)32)30(37)34-20-23-7-5-6-8-27(23)31/h5-14,19,24,33H,3-4,15-18,20,32H2,1-2H3,(H,34,37). The zero-order valence-corrected chi connectivity index (χ0v) is 21.6. The normalized spacial score (nSPS) is 14.1. The molecule has 1 amide bonds. The molecule has 0 radical (unpaired) electrons. The monoisotopic (exact) mass is 501 g/mol. The molecule has 1 aliphatic heterocycles. The van der Waals surface area contributed by atoms with Crippen molar-refractivity contribution in [3.8, 4) is 0 Å². The third-order valence-corrected chi connectivity index (χ3v) is 7.28. The predicted molar refractivity (Wildman–Crippen MR) is 149 cm³/mol. The summed E-state index contributed by atoms with van der Waals surface area (Å²) in [5.41, 5.74) is 10.0. The summed E-state index contributed by atoms with van der Waals surface area (Å²) in [5, 5.41) is 11.5. The van der Waals surface area contributed by atoms with Crippen molar-refractivity contribution in [2.75, 3.05) is 36.8 Å². The Hall–Kier alpha value is -3.71. The first kappa shape index (κ1) is 26.4. The number of nitrogens with one attached hydrogen (secondary N) is 2. The molecule has 4 rings (SSSR count). The van der Waals surface area contributed by atoms with Gasteiger partial charge in [0.05, 0.1) is 5.71 Å². The molecule has 0 unspecified atom stereocenters. The molecule has 0 spiro atoms. The molecule has 0 aliphatic carbocycles. The SMILES string of the molecule is CCC(CC)N1CCN(c2ccc(C(=N)c3cc(C(=O)NCc4ccccc4F)ccc3N)cc2)CC1. The highest BCUT2D eigenvalue weighted by Gasteiger charge is 2.22. The summed E-state index contributed by atoms with van der Waals surface area (Å²) in [6.45, 7) is 8.70. The second kappa shape index (κ2) is 12.0. The van der Waals surface area contributed by atoms with E-state index in [1.807, 2.05) is 12.1 Å². The smallest absolute Gasteiger partial charge is 0.251 e. The number of amides is 1. The Morgan fingerprint density at radius 3 is 2.27 bits per heavy atom. The number of hydrogen-bond acceptors (Lipinski definition) is 5. The Bertz CT molecular complexity index is 1230. The maximum Gasteiger partial charge on any atom is 0.251 e. The summed E-state index contributed by atoms with van der Waals surface area (Å²) in [5.74, 6) is -0.709. The number of halogens is 1. The Kier molecular flexibility index (Phi) is 8.56. The number of piperazine rings is 1. The molecule has 6 nitrogen and oxygen atoms in total. The molecule has 1 aliphatic rings. The van der Waals surface area contributed by atoms with Crippen LogP contribution in [-0.4, -0.2) is 48.7 Å². The van der Waals surface area contributed by atoms with Gasteiger partial charge in [0, 0.05) is 72.4 Å². The minimum absolute atomic E-state index is 0.0793. The lowest BCUT2D eigenvalue weighted by Crippen LogP contribution is -2.50. The van der Waals surface area contributed by atoms with E-state index in [0.29, 0.717) is 28.4 Å². The lowest BCUT2D eigenvalue weighted by Gasteiger charge is -2.39. The molecule has 4 N–H and O–H groups in total. The minimum atomic E-state index is -0.362. The molecule has 194 valence electrons. The molecular formula is C30H36FN5O. The number of anilines is 2. The number of nitrogens with two attached hydrogens (primary N) is 1. The molecule has 37 heavy (non-hydrogen) atoms. The van der Waals surface area contributed by atoms with Crippen LogP contribution in [0.15, 0.2) is 66.7 Å². The van der Waals surface area contributed by atoms with Crippen molar-refractivity contribution < 1.29 is 9.18 Å². The Balaban J connectivity index is 1.41. The third kappa shape index (κ3) is 6.17. The summed E-state index contributed by atoms with van der Waals surface area (Å²) in [7, 11) is 0. The van der Waals surface area contributed by atoms with Gasteiger partial charge in [-0.25, -0.2) is 4.39 Å². The van der Waals surface area contributed by atoms with Crippen LogP contribution in [0.1, 0.15) is 53.7 Å². The van der Waals surface area contributed by atoms with E-state index < -0.39 is 0 Å². The van der Waals surface area contributed by atoms with Crippen molar-refractivity contribution in [3.05, 3.63) is 94.8 Å². The average Bonchev–Trinajstić information content (AvgIpc) is 2.93. The van der Waals surface area contributed by atoms with Gasteiger partial charge in [0.25, 0.3) is 5.91 Å². The average molecular weight is 502 g/mol.